The first-order valence-corrected chi connectivity index (χ1v) is 6.47. The topological polar surface area (TPSA) is 106 Å². The first-order chi connectivity index (χ1) is 10.5. The van der Waals surface area contributed by atoms with Crippen LogP contribution in [0.1, 0.15) is 13.8 Å². The zero-order chi connectivity index (χ0) is 16.4. The van der Waals surface area contributed by atoms with Gasteiger partial charge in [-0.15, -0.1) is 0 Å². The number of nitrogens with zero attached hydrogens (tertiary/aromatic N) is 1. The summed E-state index contributed by atoms with van der Waals surface area (Å²) in [5.41, 5.74) is 2.42. The van der Waals surface area contributed by atoms with Gasteiger partial charge in [0.05, 0.1) is 5.69 Å². The summed E-state index contributed by atoms with van der Waals surface area (Å²) >= 11 is 0. The average molecular weight is 310 g/mol. The van der Waals surface area contributed by atoms with Crippen LogP contribution in [-0.2, 0) is 19.1 Å². The number of esters is 2. The second-order valence-corrected chi connectivity index (χ2v) is 4.23. The number of aliphatic imine (C=N–C) groups is 1. The van der Waals surface area contributed by atoms with Crippen molar-refractivity contribution in [2.24, 2.45) is 4.99 Å². The fraction of sp³-hybridized carbons (Fsp3) is 0.357. The molecule has 1 aromatic carbocycles. The lowest BCUT2D eigenvalue weighted by Gasteiger charge is -2.17. The molecule has 0 saturated carbocycles. The maximum absolute atomic E-state index is 11.0. The fourth-order valence-corrected chi connectivity index (χ4v) is 1.48. The van der Waals surface area contributed by atoms with Gasteiger partial charge < -0.3 is 14.2 Å². The number of carbonyl (C=O) groups is 2. The third-order valence-electron chi connectivity index (χ3n) is 2.35. The molecule has 8 nitrogen and oxygen atoms in total. The molecule has 1 atom stereocenters. The number of nitrogens with one attached hydrogen (secondary N) is 1. The van der Waals surface area contributed by atoms with Crippen molar-refractivity contribution in [2.45, 2.75) is 20.0 Å². The summed E-state index contributed by atoms with van der Waals surface area (Å²) in [7, 11) is 0. The van der Waals surface area contributed by atoms with Gasteiger partial charge in [0.2, 0.25) is 0 Å². The molecule has 0 fully saturated rings. The van der Waals surface area contributed by atoms with Crippen molar-refractivity contribution in [3.05, 3.63) is 24.3 Å². The first-order valence-electron chi connectivity index (χ1n) is 6.47. The van der Waals surface area contributed by atoms with Crippen molar-refractivity contribution in [1.29, 1.82) is 0 Å². The lowest BCUT2D eigenvalue weighted by Crippen LogP contribution is -2.29. The van der Waals surface area contributed by atoms with Crippen molar-refractivity contribution >= 4 is 24.0 Å². The highest BCUT2D eigenvalue weighted by molar-refractivity contribution is 5.67. The van der Waals surface area contributed by atoms with Crippen LogP contribution in [0.25, 0.3) is 0 Å². The normalized spacial score (nSPS) is 11.8. The molecule has 0 saturated heterocycles. The molecule has 8 heteroatoms. The Balaban J connectivity index is 2.53. The van der Waals surface area contributed by atoms with Crippen LogP contribution in [-0.4, -0.2) is 42.8 Å². The lowest BCUT2D eigenvalue weighted by molar-refractivity contribution is -0.158. The van der Waals surface area contributed by atoms with Crippen molar-refractivity contribution in [2.75, 3.05) is 13.2 Å². The van der Waals surface area contributed by atoms with E-state index in [1.54, 1.807) is 29.7 Å². The maximum Gasteiger partial charge on any atom is 0.303 e. The van der Waals surface area contributed by atoms with Gasteiger partial charge in [-0.05, 0) is 24.3 Å². The third kappa shape index (κ3) is 7.25. The van der Waals surface area contributed by atoms with E-state index in [0.29, 0.717) is 11.4 Å². The summed E-state index contributed by atoms with van der Waals surface area (Å²) in [6.45, 7) is 2.52. The number of hydrogen-bond acceptors (Lipinski definition) is 7. The van der Waals surface area contributed by atoms with Crippen LogP contribution in [0.3, 0.4) is 0 Å². The summed E-state index contributed by atoms with van der Waals surface area (Å²) < 4.78 is 15.3. The van der Waals surface area contributed by atoms with Gasteiger partial charge in [0.15, 0.2) is 6.10 Å². The largest absolute Gasteiger partial charge is 0.490 e. The van der Waals surface area contributed by atoms with E-state index in [2.05, 4.69) is 4.99 Å². The average Bonchev–Trinajstić information content (AvgIpc) is 2.48. The Kier molecular flexibility index (Phi) is 7.41. The molecule has 0 radical (unpaired) electrons. The van der Waals surface area contributed by atoms with Crippen LogP contribution in [0.15, 0.2) is 29.3 Å². The minimum Gasteiger partial charge on any atom is -0.490 e. The van der Waals surface area contributed by atoms with Gasteiger partial charge >= 0.3 is 11.9 Å². The van der Waals surface area contributed by atoms with Crippen molar-refractivity contribution in [3.8, 4) is 5.75 Å². The number of rotatable bonds is 8. The molecule has 1 unspecified atom stereocenters. The highest BCUT2D eigenvalue weighted by Crippen LogP contribution is 2.18. The molecular formula is C14H18N2O6. The molecule has 1 rings (SSSR count). The quantitative estimate of drug-likeness (QED) is 0.321. The number of carbonyl (C=O) groups excluding carboxylic acids is 2. The Bertz CT molecular complexity index is 515. The molecule has 0 aromatic heterocycles. The molecule has 22 heavy (non-hydrogen) atoms. The molecule has 0 amide bonds. The number of ether oxygens (including phenoxy) is 3. The Morgan fingerprint density at radius 3 is 2.45 bits per heavy atom. The van der Waals surface area contributed by atoms with E-state index in [-0.39, 0.29) is 13.2 Å². The zero-order valence-corrected chi connectivity index (χ0v) is 12.3. The van der Waals surface area contributed by atoms with Crippen molar-refractivity contribution in [3.63, 3.8) is 0 Å². The van der Waals surface area contributed by atoms with Crippen LogP contribution in [0.4, 0.5) is 5.69 Å². The molecule has 0 aliphatic rings. The third-order valence-corrected chi connectivity index (χ3v) is 2.35. The standard InChI is InChI=1S/C14H18N2O6/c1-10(17)20-7-14(22-11(2)18)8-21-13-5-3-12(4-6-13)15-9-16-19/h3-6,9,14,19H,7-8H2,1-2H3,(H,15,16). The van der Waals surface area contributed by atoms with Gasteiger partial charge in [0.25, 0.3) is 0 Å². The second kappa shape index (κ2) is 9.35. The van der Waals surface area contributed by atoms with Gasteiger partial charge in [0, 0.05) is 13.8 Å². The monoisotopic (exact) mass is 310 g/mol. The molecular weight excluding hydrogens is 292 g/mol. The van der Waals surface area contributed by atoms with E-state index < -0.39 is 18.0 Å². The van der Waals surface area contributed by atoms with E-state index in [1.807, 2.05) is 0 Å². The Hall–Kier alpha value is -2.61. The summed E-state index contributed by atoms with van der Waals surface area (Å²) in [6, 6.07) is 6.69. The van der Waals surface area contributed by atoms with E-state index in [0.717, 1.165) is 6.34 Å². The molecule has 0 heterocycles. The lowest BCUT2D eigenvalue weighted by atomic mass is 10.3. The number of hydrogen-bond donors (Lipinski definition) is 2. The number of hydroxylamine groups is 1. The van der Waals surface area contributed by atoms with Crippen molar-refractivity contribution < 1.29 is 29.0 Å². The van der Waals surface area contributed by atoms with Crippen LogP contribution < -0.4 is 10.2 Å². The molecule has 0 spiro atoms. The predicted octanol–water partition coefficient (Wildman–Crippen LogP) is 1.20. The van der Waals surface area contributed by atoms with Gasteiger partial charge in [-0.2, -0.15) is 0 Å². The van der Waals surface area contributed by atoms with Crippen molar-refractivity contribution in [1.82, 2.24) is 5.48 Å². The van der Waals surface area contributed by atoms with Gasteiger partial charge in [-0.3, -0.25) is 20.3 Å². The molecule has 0 aliphatic carbocycles. The Morgan fingerprint density at radius 2 is 1.91 bits per heavy atom. The summed E-state index contributed by atoms with van der Waals surface area (Å²) in [6.07, 6.45) is 0.448. The molecule has 2 N–H and O–H groups in total. The van der Waals surface area contributed by atoms with Crippen LogP contribution in [0, 0.1) is 0 Å². The Labute approximate surface area is 127 Å². The maximum atomic E-state index is 11.0. The Morgan fingerprint density at radius 1 is 1.23 bits per heavy atom. The van der Waals surface area contributed by atoms with Crippen LogP contribution in [0.5, 0.6) is 5.75 Å². The van der Waals surface area contributed by atoms with E-state index in [4.69, 9.17) is 19.4 Å². The smallest absolute Gasteiger partial charge is 0.303 e. The van der Waals surface area contributed by atoms with E-state index in [9.17, 15) is 9.59 Å². The number of benzene rings is 1. The summed E-state index contributed by atoms with van der Waals surface area (Å²) in [5.74, 6) is -0.408. The minimum absolute atomic E-state index is 0.0493. The SMILES string of the molecule is CC(=O)OCC(COc1ccc(N=CNO)cc1)OC(C)=O. The highest BCUT2D eigenvalue weighted by Gasteiger charge is 2.15. The predicted molar refractivity (Wildman–Crippen MR) is 77.2 cm³/mol. The first kappa shape index (κ1) is 17.4. The molecule has 0 aliphatic heterocycles. The summed E-state index contributed by atoms with van der Waals surface area (Å²) in [5, 5.41) is 8.39. The van der Waals surface area contributed by atoms with Crippen LogP contribution >= 0.6 is 0 Å². The van der Waals surface area contributed by atoms with Gasteiger partial charge in [-0.25, -0.2) is 4.99 Å². The molecule has 120 valence electrons. The molecule has 1 aromatic rings. The van der Waals surface area contributed by atoms with Gasteiger partial charge in [-0.1, -0.05) is 0 Å². The van der Waals surface area contributed by atoms with Gasteiger partial charge in [0.1, 0.15) is 25.3 Å². The zero-order valence-electron chi connectivity index (χ0n) is 12.3. The molecule has 0 bridgehead atoms. The van der Waals surface area contributed by atoms with Crippen LogP contribution in [0.2, 0.25) is 0 Å². The second-order valence-electron chi connectivity index (χ2n) is 4.23. The summed E-state index contributed by atoms with van der Waals surface area (Å²) in [4.78, 5) is 25.7. The fourth-order valence-electron chi connectivity index (χ4n) is 1.48. The minimum atomic E-state index is -0.683. The van der Waals surface area contributed by atoms with E-state index >= 15 is 0 Å². The van der Waals surface area contributed by atoms with E-state index in [1.165, 1.54) is 13.8 Å². The highest BCUT2D eigenvalue weighted by atomic mass is 16.6.